The van der Waals surface area contributed by atoms with Crippen LogP contribution in [0.1, 0.15) is 11.1 Å². The number of nitrogens with zero attached hydrogens (tertiary/aromatic N) is 2. The van der Waals surface area contributed by atoms with E-state index in [9.17, 15) is 16.8 Å². The quantitative estimate of drug-likeness (QED) is 0.706. The maximum absolute atomic E-state index is 12.7. The summed E-state index contributed by atoms with van der Waals surface area (Å²) in [6.45, 7) is 1.15. The SMILES string of the molecule is O=S1(=O)C[C@@H]2[C@H](C1)N(Cc1ccccc1)[C@@H]1CS(=O)(=O)C[C@@H]1N2Cc1ccccc1. The lowest BCUT2D eigenvalue weighted by Crippen LogP contribution is -2.67. The molecule has 0 spiro atoms. The zero-order valence-corrected chi connectivity index (χ0v) is 18.3. The average Bonchev–Trinajstić information content (AvgIpc) is 3.21. The second-order valence-corrected chi connectivity index (χ2v) is 13.0. The lowest BCUT2D eigenvalue weighted by molar-refractivity contribution is -0.0341. The Morgan fingerprint density at radius 1 is 0.567 bits per heavy atom. The van der Waals surface area contributed by atoms with E-state index in [0.717, 1.165) is 11.1 Å². The van der Waals surface area contributed by atoms with Crippen molar-refractivity contribution in [1.29, 1.82) is 0 Å². The monoisotopic (exact) mass is 446 g/mol. The third kappa shape index (κ3) is 3.82. The molecule has 0 aromatic heterocycles. The Morgan fingerprint density at radius 3 is 1.17 bits per heavy atom. The number of benzene rings is 2. The van der Waals surface area contributed by atoms with Gasteiger partial charge in [0, 0.05) is 37.3 Å². The largest absolute Gasteiger partial charge is 0.288 e. The molecule has 0 bridgehead atoms. The number of hydrogen-bond donors (Lipinski definition) is 0. The summed E-state index contributed by atoms with van der Waals surface area (Å²) in [5, 5.41) is 0. The zero-order chi connectivity index (χ0) is 20.9. The molecule has 3 fully saturated rings. The molecule has 3 aliphatic heterocycles. The van der Waals surface area contributed by atoms with Gasteiger partial charge < -0.3 is 0 Å². The average molecular weight is 447 g/mol. The summed E-state index contributed by atoms with van der Waals surface area (Å²) in [4.78, 5) is 4.36. The molecular weight excluding hydrogens is 420 g/mol. The van der Waals surface area contributed by atoms with Gasteiger partial charge in [0.05, 0.1) is 23.0 Å². The van der Waals surface area contributed by atoms with Crippen molar-refractivity contribution in [3.05, 3.63) is 71.8 Å². The van der Waals surface area contributed by atoms with Crippen LogP contribution in [0.2, 0.25) is 0 Å². The Balaban J connectivity index is 1.54. The highest BCUT2D eigenvalue weighted by atomic mass is 32.2. The maximum atomic E-state index is 12.7. The van der Waals surface area contributed by atoms with Gasteiger partial charge in [-0.1, -0.05) is 60.7 Å². The van der Waals surface area contributed by atoms with E-state index >= 15 is 0 Å². The van der Waals surface area contributed by atoms with Crippen molar-refractivity contribution in [2.75, 3.05) is 23.0 Å². The van der Waals surface area contributed by atoms with Crippen LogP contribution >= 0.6 is 0 Å². The number of rotatable bonds is 4. The molecule has 6 nitrogen and oxygen atoms in total. The molecule has 0 aliphatic carbocycles. The highest BCUT2D eigenvalue weighted by Gasteiger charge is 2.57. The summed E-state index contributed by atoms with van der Waals surface area (Å²) in [5.74, 6) is 0.385. The molecule has 30 heavy (non-hydrogen) atoms. The fourth-order valence-corrected chi connectivity index (χ4v) is 9.45. The van der Waals surface area contributed by atoms with Crippen LogP contribution in [0.15, 0.2) is 60.7 Å². The summed E-state index contributed by atoms with van der Waals surface area (Å²) in [6.07, 6.45) is 0. The summed E-state index contributed by atoms with van der Waals surface area (Å²) in [6, 6.07) is 19.1. The van der Waals surface area contributed by atoms with E-state index in [1.807, 2.05) is 60.7 Å². The standard InChI is InChI=1S/C22H26N2O4S2/c25-29(26)13-19-21(15-29)24(12-18-9-5-2-6-10-18)22-16-30(27,28)14-20(22)23(19)11-17-7-3-1-4-8-17/h1-10,19-22H,11-16H2/t19-,20+,21+,22-. The fourth-order valence-electron chi connectivity index (χ4n) is 5.44. The van der Waals surface area contributed by atoms with Crippen LogP contribution in [0.3, 0.4) is 0 Å². The molecule has 5 rings (SSSR count). The van der Waals surface area contributed by atoms with Crippen molar-refractivity contribution in [1.82, 2.24) is 9.80 Å². The molecule has 160 valence electrons. The molecule has 2 aromatic carbocycles. The van der Waals surface area contributed by atoms with Crippen molar-refractivity contribution in [2.45, 2.75) is 37.3 Å². The van der Waals surface area contributed by atoms with E-state index in [1.165, 1.54) is 0 Å². The Hall–Kier alpha value is -1.74. The van der Waals surface area contributed by atoms with Crippen molar-refractivity contribution in [3.63, 3.8) is 0 Å². The van der Waals surface area contributed by atoms with Crippen LogP contribution < -0.4 is 0 Å². The molecule has 0 saturated carbocycles. The predicted molar refractivity (Wildman–Crippen MR) is 116 cm³/mol. The zero-order valence-electron chi connectivity index (χ0n) is 16.7. The van der Waals surface area contributed by atoms with E-state index in [-0.39, 0.29) is 47.2 Å². The van der Waals surface area contributed by atoms with E-state index in [2.05, 4.69) is 9.80 Å². The first-order valence-corrected chi connectivity index (χ1v) is 14.0. The van der Waals surface area contributed by atoms with Gasteiger partial charge in [-0.3, -0.25) is 9.80 Å². The first-order valence-electron chi connectivity index (χ1n) is 10.3. The molecule has 0 N–H and O–H groups in total. The Kier molecular flexibility index (Phi) is 5.01. The van der Waals surface area contributed by atoms with Crippen LogP contribution in [-0.4, -0.2) is 73.8 Å². The number of piperazine rings is 1. The minimum atomic E-state index is -3.17. The minimum Gasteiger partial charge on any atom is -0.288 e. The normalized spacial score (nSPS) is 32.5. The molecule has 0 radical (unpaired) electrons. The number of hydrogen-bond acceptors (Lipinski definition) is 6. The van der Waals surface area contributed by atoms with Gasteiger partial charge in [0.15, 0.2) is 19.7 Å². The van der Waals surface area contributed by atoms with E-state index in [1.54, 1.807) is 0 Å². The summed E-state index contributed by atoms with van der Waals surface area (Å²) in [7, 11) is -6.34. The van der Waals surface area contributed by atoms with Gasteiger partial charge in [0.2, 0.25) is 0 Å². The molecule has 8 heteroatoms. The summed E-state index contributed by atoms with van der Waals surface area (Å²) >= 11 is 0. The Labute approximate surface area is 178 Å². The van der Waals surface area contributed by atoms with E-state index in [0.29, 0.717) is 13.1 Å². The molecular formula is C22H26N2O4S2. The first-order chi connectivity index (χ1) is 14.3. The van der Waals surface area contributed by atoms with Gasteiger partial charge >= 0.3 is 0 Å². The molecule has 0 unspecified atom stereocenters. The van der Waals surface area contributed by atoms with Crippen molar-refractivity contribution in [2.24, 2.45) is 0 Å². The Morgan fingerprint density at radius 2 is 0.867 bits per heavy atom. The van der Waals surface area contributed by atoms with Crippen LogP contribution in [0.4, 0.5) is 0 Å². The third-order valence-electron chi connectivity index (χ3n) is 6.71. The lowest BCUT2D eigenvalue weighted by Gasteiger charge is -2.51. The minimum absolute atomic E-state index is 0.0963. The molecule has 3 saturated heterocycles. The van der Waals surface area contributed by atoms with E-state index in [4.69, 9.17) is 0 Å². The summed E-state index contributed by atoms with van der Waals surface area (Å²) in [5.41, 5.74) is 2.17. The second kappa shape index (κ2) is 7.44. The van der Waals surface area contributed by atoms with Crippen LogP contribution in [0, 0.1) is 0 Å². The third-order valence-corrected chi connectivity index (χ3v) is 10.1. The first kappa shape index (κ1) is 20.2. The highest BCUT2D eigenvalue weighted by molar-refractivity contribution is 7.92. The topological polar surface area (TPSA) is 74.8 Å². The van der Waals surface area contributed by atoms with Crippen LogP contribution in [-0.2, 0) is 32.8 Å². The molecule has 3 aliphatic rings. The molecule has 4 atom stereocenters. The maximum Gasteiger partial charge on any atom is 0.153 e. The van der Waals surface area contributed by atoms with Gasteiger partial charge in [-0.2, -0.15) is 0 Å². The number of sulfone groups is 2. The summed E-state index contributed by atoms with van der Waals surface area (Å²) < 4.78 is 50.7. The van der Waals surface area contributed by atoms with E-state index < -0.39 is 19.7 Å². The highest BCUT2D eigenvalue weighted by Crippen LogP contribution is 2.39. The van der Waals surface area contributed by atoms with Gasteiger partial charge in [0.25, 0.3) is 0 Å². The van der Waals surface area contributed by atoms with Gasteiger partial charge in [0.1, 0.15) is 0 Å². The molecule has 0 amide bonds. The number of fused-ring (bicyclic) bond motifs is 2. The molecule has 3 heterocycles. The van der Waals surface area contributed by atoms with Crippen molar-refractivity contribution < 1.29 is 16.8 Å². The fraction of sp³-hybridized carbons (Fsp3) is 0.455. The second-order valence-electron chi connectivity index (χ2n) is 8.74. The van der Waals surface area contributed by atoms with Gasteiger partial charge in [-0.05, 0) is 11.1 Å². The predicted octanol–water partition coefficient (Wildman–Crippen LogP) is 1.34. The van der Waals surface area contributed by atoms with Crippen LogP contribution in [0.25, 0.3) is 0 Å². The van der Waals surface area contributed by atoms with Crippen molar-refractivity contribution >= 4 is 19.7 Å². The van der Waals surface area contributed by atoms with Gasteiger partial charge in [-0.15, -0.1) is 0 Å². The van der Waals surface area contributed by atoms with Crippen molar-refractivity contribution in [3.8, 4) is 0 Å². The smallest absolute Gasteiger partial charge is 0.153 e. The molecule has 2 aromatic rings. The lowest BCUT2D eigenvalue weighted by atomic mass is 9.93. The Bertz CT molecular complexity index is 993. The van der Waals surface area contributed by atoms with Gasteiger partial charge in [-0.25, -0.2) is 16.8 Å². The van der Waals surface area contributed by atoms with Crippen LogP contribution in [0.5, 0.6) is 0 Å².